The fourth-order valence-electron chi connectivity index (χ4n) is 4.21. The molecule has 1 N–H and O–H groups in total. The molecule has 0 spiro atoms. The molecule has 0 aromatic heterocycles. The molecule has 0 bridgehead atoms. The topological polar surface area (TPSA) is 44.8 Å². The van der Waals surface area contributed by atoms with Crippen LogP contribution in [0.2, 0.25) is 0 Å². The molecule has 1 amide bonds. The van der Waals surface area contributed by atoms with Gasteiger partial charge >= 0.3 is 0 Å². The molecule has 0 unspecified atom stereocenters. The molecule has 4 rings (SSSR count). The summed E-state index contributed by atoms with van der Waals surface area (Å²) in [5.74, 6) is 0.171. The number of hydrogen-bond donors (Lipinski definition) is 1. The lowest BCUT2D eigenvalue weighted by molar-refractivity contribution is -0.146. The summed E-state index contributed by atoms with van der Waals surface area (Å²) in [5, 5.41) is 3.24. The zero-order valence-electron chi connectivity index (χ0n) is 14.2. The van der Waals surface area contributed by atoms with Crippen LogP contribution in [0.1, 0.15) is 24.0 Å². The van der Waals surface area contributed by atoms with E-state index in [1.54, 1.807) is 0 Å². The Morgan fingerprint density at radius 3 is 2.67 bits per heavy atom. The fourth-order valence-corrected chi connectivity index (χ4v) is 4.21. The van der Waals surface area contributed by atoms with E-state index in [1.165, 1.54) is 11.1 Å². The number of hydrogen-bond acceptors (Lipinski definition) is 4. The molecule has 0 aliphatic carbocycles. The van der Waals surface area contributed by atoms with Gasteiger partial charge in [0.15, 0.2) is 0 Å². The van der Waals surface area contributed by atoms with Gasteiger partial charge in [-0.25, -0.2) is 0 Å². The maximum atomic E-state index is 12.5. The third-order valence-corrected chi connectivity index (χ3v) is 5.66. The summed E-state index contributed by atoms with van der Waals surface area (Å²) in [6.07, 6.45) is 3.02. The van der Waals surface area contributed by atoms with Gasteiger partial charge in [-0.15, -0.1) is 0 Å². The molecule has 3 aliphatic rings. The first-order chi connectivity index (χ1) is 11.8. The van der Waals surface area contributed by atoms with Crippen molar-refractivity contribution >= 4 is 5.91 Å². The Bertz CT molecular complexity index is 578. The van der Waals surface area contributed by atoms with E-state index in [1.807, 2.05) is 4.90 Å². The first-order valence-corrected chi connectivity index (χ1v) is 9.23. The van der Waals surface area contributed by atoms with Crippen molar-refractivity contribution in [2.75, 3.05) is 39.3 Å². The van der Waals surface area contributed by atoms with Crippen LogP contribution in [0.3, 0.4) is 0 Å². The van der Waals surface area contributed by atoms with Crippen molar-refractivity contribution in [1.29, 1.82) is 0 Å². The Hall–Kier alpha value is -1.43. The van der Waals surface area contributed by atoms with E-state index in [0.717, 1.165) is 52.0 Å². The second kappa shape index (κ2) is 7.21. The molecule has 2 saturated heterocycles. The number of likely N-dealkylation sites (tertiary alicyclic amines) is 1. The highest BCUT2D eigenvalue weighted by Crippen LogP contribution is 2.25. The van der Waals surface area contributed by atoms with Crippen LogP contribution in [-0.2, 0) is 22.5 Å². The summed E-state index contributed by atoms with van der Waals surface area (Å²) >= 11 is 0. The van der Waals surface area contributed by atoms with E-state index in [-0.39, 0.29) is 12.0 Å². The number of amides is 1. The molecule has 24 heavy (non-hydrogen) atoms. The SMILES string of the molecule is O=C([C@@H]1CNCCO1)N1CCC(N2CCc3ccccc3C2)CC1. The molecule has 5 nitrogen and oxygen atoms in total. The molecular formula is C19H27N3O2. The molecule has 1 atom stereocenters. The Morgan fingerprint density at radius 1 is 1.12 bits per heavy atom. The second-order valence-corrected chi connectivity index (χ2v) is 7.11. The number of benzene rings is 1. The first kappa shape index (κ1) is 16.1. The number of carbonyl (C=O) groups is 1. The van der Waals surface area contributed by atoms with Crippen LogP contribution in [0.25, 0.3) is 0 Å². The van der Waals surface area contributed by atoms with Gasteiger partial charge in [0.2, 0.25) is 0 Å². The highest BCUT2D eigenvalue weighted by atomic mass is 16.5. The number of morpholine rings is 1. The van der Waals surface area contributed by atoms with Crippen molar-refractivity contribution in [3.8, 4) is 0 Å². The molecule has 0 radical (unpaired) electrons. The minimum Gasteiger partial charge on any atom is -0.366 e. The van der Waals surface area contributed by atoms with Gasteiger partial charge in [0.25, 0.3) is 5.91 Å². The van der Waals surface area contributed by atoms with E-state index in [4.69, 9.17) is 4.74 Å². The second-order valence-electron chi connectivity index (χ2n) is 7.11. The maximum absolute atomic E-state index is 12.5. The zero-order chi connectivity index (χ0) is 16.4. The van der Waals surface area contributed by atoms with Gasteiger partial charge < -0.3 is 15.0 Å². The fraction of sp³-hybridized carbons (Fsp3) is 0.632. The van der Waals surface area contributed by atoms with Gasteiger partial charge in [0.1, 0.15) is 6.10 Å². The van der Waals surface area contributed by atoms with Gasteiger partial charge in [-0.05, 0) is 30.4 Å². The van der Waals surface area contributed by atoms with E-state index in [2.05, 4.69) is 34.5 Å². The molecule has 1 aromatic rings. The minimum absolute atomic E-state index is 0.171. The average molecular weight is 329 g/mol. The Kier molecular flexibility index (Phi) is 4.83. The summed E-state index contributed by atoms with van der Waals surface area (Å²) in [6, 6.07) is 9.40. The predicted octanol–water partition coefficient (Wildman–Crippen LogP) is 1.02. The van der Waals surface area contributed by atoms with Crippen molar-refractivity contribution in [3.05, 3.63) is 35.4 Å². The number of rotatable bonds is 2. The number of carbonyl (C=O) groups excluding carboxylic acids is 1. The molecular weight excluding hydrogens is 302 g/mol. The van der Waals surface area contributed by atoms with Crippen molar-refractivity contribution in [3.63, 3.8) is 0 Å². The molecule has 3 heterocycles. The summed E-state index contributed by atoms with van der Waals surface area (Å²) in [5.41, 5.74) is 2.98. The molecule has 5 heteroatoms. The predicted molar refractivity (Wildman–Crippen MR) is 92.8 cm³/mol. The van der Waals surface area contributed by atoms with Gasteiger partial charge in [-0.1, -0.05) is 24.3 Å². The first-order valence-electron chi connectivity index (χ1n) is 9.23. The molecule has 130 valence electrons. The van der Waals surface area contributed by atoms with Gasteiger partial charge in [0, 0.05) is 45.3 Å². The smallest absolute Gasteiger partial charge is 0.253 e. The number of piperidine rings is 1. The van der Waals surface area contributed by atoms with Gasteiger partial charge in [-0.3, -0.25) is 9.69 Å². The van der Waals surface area contributed by atoms with E-state index in [9.17, 15) is 4.79 Å². The quantitative estimate of drug-likeness (QED) is 0.880. The normalized spacial score (nSPS) is 26.2. The molecule has 1 aromatic carbocycles. The maximum Gasteiger partial charge on any atom is 0.253 e. The zero-order valence-corrected chi connectivity index (χ0v) is 14.2. The largest absolute Gasteiger partial charge is 0.366 e. The number of ether oxygens (including phenoxy) is 1. The third kappa shape index (κ3) is 3.34. The number of fused-ring (bicyclic) bond motifs is 1. The van der Waals surface area contributed by atoms with Crippen LogP contribution in [0.5, 0.6) is 0 Å². The van der Waals surface area contributed by atoms with Crippen molar-refractivity contribution in [1.82, 2.24) is 15.1 Å². The average Bonchev–Trinajstić information content (AvgIpc) is 2.68. The molecule has 3 aliphatic heterocycles. The summed E-state index contributed by atoms with van der Waals surface area (Å²) in [7, 11) is 0. The van der Waals surface area contributed by atoms with Crippen molar-refractivity contribution < 1.29 is 9.53 Å². The highest BCUT2D eigenvalue weighted by Gasteiger charge is 2.32. The summed E-state index contributed by atoms with van der Waals surface area (Å²) in [4.78, 5) is 17.2. The lowest BCUT2D eigenvalue weighted by Gasteiger charge is -2.41. The highest BCUT2D eigenvalue weighted by molar-refractivity contribution is 5.81. The van der Waals surface area contributed by atoms with Gasteiger partial charge in [0.05, 0.1) is 6.61 Å². The molecule has 0 saturated carbocycles. The monoisotopic (exact) mass is 329 g/mol. The Labute approximate surface area is 144 Å². The van der Waals surface area contributed by atoms with E-state index >= 15 is 0 Å². The Balaban J connectivity index is 1.31. The Morgan fingerprint density at radius 2 is 1.92 bits per heavy atom. The summed E-state index contributed by atoms with van der Waals surface area (Å²) in [6.45, 7) is 6.07. The summed E-state index contributed by atoms with van der Waals surface area (Å²) < 4.78 is 5.61. The van der Waals surface area contributed by atoms with Crippen LogP contribution >= 0.6 is 0 Å². The lowest BCUT2D eigenvalue weighted by atomic mass is 9.95. The lowest BCUT2D eigenvalue weighted by Crippen LogP contribution is -2.53. The van der Waals surface area contributed by atoms with E-state index < -0.39 is 0 Å². The number of nitrogens with zero attached hydrogens (tertiary/aromatic N) is 2. The van der Waals surface area contributed by atoms with E-state index in [0.29, 0.717) is 19.2 Å². The molecule has 2 fully saturated rings. The minimum atomic E-state index is -0.280. The van der Waals surface area contributed by atoms with Crippen LogP contribution in [0.4, 0.5) is 0 Å². The van der Waals surface area contributed by atoms with Crippen molar-refractivity contribution in [2.45, 2.75) is 38.0 Å². The van der Waals surface area contributed by atoms with Crippen LogP contribution in [0, 0.1) is 0 Å². The van der Waals surface area contributed by atoms with Gasteiger partial charge in [-0.2, -0.15) is 0 Å². The van der Waals surface area contributed by atoms with Crippen LogP contribution in [0.15, 0.2) is 24.3 Å². The standard InChI is InChI=1S/C19H27N3O2/c23-19(18-13-20-8-12-24-18)21-10-6-17(7-11-21)22-9-5-15-3-1-2-4-16(15)14-22/h1-4,17-18,20H,5-14H2/t18-/m0/s1. The van der Waals surface area contributed by atoms with Crippen molar-refractivity contribution in [2.24, 2.45) is 0 Å². The number of nitrogens with one attached hydrogen (secondary N) is 1. The van der Waals surface area contributed by atoms with Crippen LogP contribution < -0.4 is 5.32 Å². The third-order valence-electron chi connectivity index (χ3n) is 5.66. The van der Waals surface area contributed by atoms with Crippen LogP contribution in [-0.4, -0.2) is 67.2 Å².